The largest absolute Gasteiger partial charge is 0.369 e. The number of nitriles is 1. The van der Waals surface area contributed by atoms with Crippen molar-refractivity contribution in [3.8, 4) is 6.07 Å². The van der Waals surface area contributed by atoms with E-state index in [-0.39, 0.29) is 17.5 Å². The number of hydrogen-bond donors (Lipinski definition) is 1. The molecule has 5 nitrogen and oxygen atoms in total. The van der Waals surface area contributed by atoms with E-state index >= 15 is 0 Å². The van der Waals surface area contributed by atoms with E-state index in [0.717, 1.165) is 24.1 Å². The molecule has 3 rings (SSSR count). The zero-order valence-electron chi connectivity index (χ0n) is 15.6. The first-order valence-electron chi connectivity index (χ1n) is 9.17. The van der Waals surface area contributed by atoms with Crippen molar-refractivity contribution in [1.29, 1.82) is 5.26 Å². The molecular weight excluding hydrogens is 358 g/mol. The van der Waals surface area contributed by atoms with Crippen LogP contribution in [0.1, 0.15) is 56.1 Å². The van der Waals surface area contributed by atoms with Gasteiger partial charge in [0.1, 0.15) is 5.92 Å². The minimum atomic E-state index is -0.583. The van der Waals surface area contributed by atoms with Crippen LogP contribution >= 0.6 is 11.8 Å². The van der Waals surface area contributed by atoms with Crippen LogP contribution in [0.15, 0.2) is 40.5 Å². The molecule has 0 bridgehead atoms. The van der Waals surface area contributed by atoms with Gasteiger partial charge in [0.05, 0.1) is 16.9 Å². The molecule has 0 saturated heterocycles. The third kappa shape index (κ3) is 3.98. The smallest absolute Gasteiger partial charge is 0.227 e. The van der Waals surface area contributed by atoms with Crippen molar-refractivity contribution in [2.75, 3.05) is 5.75 Å². The molecule has 1 amide bonds. The SMILES string of the molecule is CC(C)c1ccc([C@H]2C3=C(CCCC3=O)N=C(SCC(N)=O)C2C#N)cc1. The number of aliphatic imine (C=N–C) groups is 1. The Balaban J connectivity index is 2.07. The van der Waals surface area contributed by atoms with Gasteiger partial charge in [-0.2, -0.15) is 5.26 Å². The van der Waals surface area contributed by atoms with E-state index in [4.69, 9.17) is 5.73 Å². The first-order chi connectivity index (χ1) is 12.9. The maximum absolute atomic E-state index is 12.7. The van der Waals surface area contributed by atoms with E-state index in [1.165, 1.54) is 17.3 Å². The van der Waals surface area contributed by atoms with Crippen LogP contribution in [-0.4, -0.2) is 22.5 Å². The standard InChI is InChI=1S/C21H23N3O2S/c1-12(2)13-6-8-14(9-7-13)19-15(10-22)21(27-11-18(23)26)24-16-4-3-5-17(25)20(16)19/h6-9,12,15,19H,3-5,11H2,1-2H3,(H2,23,26)/t15?,19-/m1/s1. The number of primary amides is 1. The number of nitrogens with two attached hydrogens (primary N) is 1. The summed E-state index contributed by atoms with van der Waals surface area (Å²) in [6, 6.07) is 10.5. The molecule has 1 aromatic rings. The van der Waals surface area contributed by atoms with Crippen molar-refractivity contribution in [3.05, 3.63) is 46.7 Å². The number of Topliss-reactive ketones (excluding diaryl/α,β-unsaturated/α-hetero) is 1. The monoisotopic (exact) mass is 381 g/mol. The Morgan fingerprint density at radius 2 is 2.04 bits per heavy atom. The van der Waals surface area contributed by atoms with Gasteiger partial charge in [0.15, 0.2) is 5.78 Å². The highest BCUT2D eigenvalue weighted by molar-refractivity contribution is 8.14. The third-order valence-electron chi connectivity index (χ3n) is 5.05. The molecule has 1 aliphatic heterocycles. The summed E-state index contributed by atoms with van der Waals surface area (Å²) in [6.45, 7) is 4.26. The Morgan fingerprint density at radius 1 is 1.33 bits per heavy atom. The molecule has 1 aliphatic carbocycles. The van der Waals surface area contributed by atoms with Gasteiger partial charge in [0.25, 0.3) is 0 Å². The first kappa shape index (κ1) is 19.4. The fourth-order valence-corrected chi connectivity index (χ4v) is 4.51. The lowest BCUT2D eigenvalue weighted by Gasteiger charge is -2.33. The van der Waals surface area contributed by atoms with Crippen molar-refractivity contribution >= 4 is 28.5 Å². The molecule has 0 aromatic heterocycles. The molecule has 27 heavy (non-hydrogen) atoms. The molecule has 0 fully saturated rings. The zero-order valence-corrected chi connectivity index (χ0v) is 16.4. The minimum absolute atomic E-state index is 0.0760. The second-order valence-electron chi connectivity index (χ2n) is 7.25. The number of ketones is 1. The number of carbonyl (C=O) groups excluding carboxylic acids is 2. The van der Waals surface area contributed by atoms with Crippen LogP contribution < -0.4 is 5.73 Å². The fourth-order valence-electron chi connectivity index (χ4n) is 3.67. The molecule has 1 unspecified atom stereocenters. The van der Waals surface area contributed by atoms with Crippen LogP contribution in [0.5, 0.6) is 0 Å². The number of benzene rings is 1. The molecule has 0 radical (unpaired) electrons. The number of amides is 1. The molecule has 1 aromatic carbocycles. The topological polar surface area (TPSA) is 96.3 Å². The first-order valence-corrected chi connectivity index (χ1v) is 10.2. The maximum atomic E-state index is 12.7. The predicted octanol–water partition coefficient (Wildman–Crippen LogP) is 3.67. The van der Waals surface area contributed by atoms with E-state index in [9.17, 15) is 14.9 Å². The predicted molar refractivity (Wildman–Crippen MR) is 107 cm³/mol. The summed E-state index contributed by atoms with van der Waals surface area (Å²) in [5.74, 6) is -0.806. The van der Waals surface area contributed by atoms with Gasteiger partial charge in [0, 0.05) is 23.6 Å². The zero-order chi connectivity index (χ0) is 19.6. The molecule has 2 aliphatic rings. The number of hydrogen-bond acceptors (Lipinski definition) is 5. The van der Waals surface area contributed by atoms with Crippen LogP contribution in [0, 0.1) is 17.2 Å². The van der Waals surface area contributed by atoms with Crippen molar-refractivity contribution in [1.82, 2.24) is 0 Å². The molecule has 0 saturated carbocycles. The number of rotatable bonds is 4. The number of nitrogens with zero attached hydrogens (tertiary/aromatic N) is 2. The summed E-state index contributed by atoms with van der Waals surface area (Å²) in [5.41, 5.74) is 8.88. The number of allylic oxidation sites excluding steroid dienone is 2. The summed E-state index contributed by atoms with van der Waals surface area (Å²) in [7, 11) is 0. The Labute approximate surface area is 163 Å². The van der Waals surface area contributed by atoms with Gasteiger partial charge >= 0.3 is 0 Å². The van der Waals surface area contributed by atoms with Crippen LogP contribution in [-0.2, 0) is 9.59 Å². The molecular formula is C21H23N3O2S. The normalized spacial score (nSPS) is 22.3. The molecule has 2 N–H and O–H groups in total. The molecule has 2 atom stereocenters. The second kappa shape index (κ2) is 8.10. The van der Waals surface area contributed by atoms with Gasteiger partial charge in [0.2, 0.25) is 5.91 Å². The van der Waals surface area contributed by atoms with Gasteiger partial charge in [-0.3, -0.25) is 9.59 Å². The van der Waals surface area contributed by atoms with Gasteiger partial charge < -0.3 is 5.73 Å². The van der Waals surface area contributed by atoms with Crippen molar-refractivity contribution in [2.45, 2.75) is 44.9 Å². The highest BCUT2D eigenvalue weighted by Crippen LogP contribution is 2.44. The molecule has 6 heteroatoms. The highest BCUT2D eigenvalue weighted by Gasteiger charge is 2.40. The Morgan fingerprint density at radius 3 is 2.63 bits per heavy atom. The highest BCUT2D eigenvalue weighted by atomic mass is 32.2. The van der Waals surface area contributed by atoms with Crippen molar-refractivity contribution in [3.63, 3.8) is 0 Å². The fraction of sp³-hybridized carbons (Fsp3) is 0.429. The van der Waals surface area contributed by atoms with Crippen LogP contribution in [0.3, 0.4) is 0 Å². The van der Waals surface area contributed by atoms with Gasteiger partial charge in [-0.15, -0.1) is 0 Å². The molecule has 0 spiro atoms. The lowest BCUT2D eigenvalue weighted by atomic mass is 9.74. The lowest BCUT2D eigenvalue weighted by molar-refractivity contribution is -0.117. The van der Waals surface area contributed by atoms with Crippen LogP contribution in [0.4, 0.5) is 0 Å². The summed E-state index contributed by atoms with van der Waals surface area (Å²) in [4.78, 5) is 28.5. The molecule has 1 heterocycles. The van der Waals surface area contributed by atoms with E-state index in [2.05, 4.69) is 37.0 Å². The van der Waals surface area contributed by atoms with E-state index in [1.807, 2.05) is 12.1 Å². The second-order valence-corrected chi connectivity index (χ2v) is 8.24. The van der Waals surface area contributed by atoms with E-state index in [1.54, 1.807) is 0 Å². The van der Waals surface area contributed by atoms with Crippen LogP contribution in [0.2, 0.25) is 0 Å². The summed E-state index contributed by atoms with van der Waals surface area (Å²) >= 11 is 1.21. The Hall–Kier alpha value is -2.39. The van der Waals surface area contributed by atoms with Crippen LogP contribution in [0.25, 0.3) is 0 Å². The van der Waals surface area contributed by atoms with Gasteiger partial charge in [-0.1, -0.05) is 49.9 Å². The quantitative estimate of drug-likeness (QED) is 0.860. The van der Waals surface area contributed by atoms with Gasteiger partial charge in [-0.25, -0.2) is 4.99 Å². The summed E-state index contributed by atoms with van der Waals surface area (Å²) < 4.78 is 0. The maximum Gasteiger partial charge on any atom is 0.227 e. The average Bonchev–Trinajstić information content (AvgIpc) is 2.65. The third-order valence-corrected chi connectivity index (χ3v) is 6.12. The Kier molecular flexibility index (Phi) is 5.81. The number of thioether (sulfide) groups is 1. The lowest BCUT2D eigenvalue weighted by Crippen LogP contribution is -2.31. The van der Waals surface area contributed by atoms with E-state index in [0.29, 0.717) is 23.0 Å². The summed E-state index contributed by atoms with van der Waals surface area (Å²) in [5, 5.41) is 10.5. The van der Waals surface area contributed by atoms with Gasteiger partial charge in [-0.05, 0) is 29.9 Å². The molecule has 140 valence electrons. The number of carbonyl (C=O) groups is 2. The summed E-state index contributed by atoms with van der Waals surface area (Å²) in [6.07, 6.45) is 1.99. The van der Waals surface area contributed by atoms with E-state index < -0.39 is 11.8 Å². The Bertz CT molecular complexity index is 862. The van der Waals surface area contributed by atoms with Crippen molar-refractivity contribution < 1.29 is 9.59 Å². The minimum Gasteiger partial charge on any atom is -0.369 e. The van der Waals surface area contributed by atoms with Crippen molar-refractivity contribution in [2.24, 2.45) is 16.6 Å². The average molecular weight is 382 g/mol.